The summed E-state index contributed by atoms with van der Waals surface area (Å²) in [7, 11) is 0. The van der Waals surface area contributed by atoms with E-state index in [1.165, 1.54) is 12.1 Å². The Kier molecular flexibility index (Phi) is 3.61. The molecule has 0 bridgehead atoms. The van der Waals surface area contributed by atoms with Gasteiger partial charge in [-0.3, -0.25) is 4.98 Å². The molecule has 2 aromatic carbocycles. The summed E-state index contributed by atoms with van der Waals surface area (Å²) in [5.41, 5.74) is 10.4. The van der Waals surface area contributed by atoms with Gasteiger partial charge in [-0.25, -0.2) is 14.4 Å². The second-order valence-corrected chi connectivity index (χ2v) is 5.87. The van der Waals surface area contributed by atoms with E-state index in [0.29, 0.717) is 11.6 Å². The molecular formula is C20H15FN4. The van der Waals surface area contributed by atoms with Crippen molar-refractivity contribution in [3.63, 3.8) is 0 Å². The van der Waals surface area contributed by atoms with Gasteiger partial charge in [0.05, 0.1) is 5.52 Å². The molecule has 0 radical (unpaired) electrons. The first kappa shape index (κ1) is 15.2. The van der Waals surface area contributed by atoms with E-state index in [1.807, 2.05) is 37.3 Å². The number of aryl methyl sites for hydroxylation is 1. The van der Waals surface area contributed by atoms with Gasteiger partial charge in [0.15, 0.2) is 5.82 Å². The standard InChI is InChI=1S/C20H15FN4/c1-12-8-18-17(10-16(12)13-4-2-6-15(21)9-13)19(22)25-20(24-18)14-5-3-7-23-11-14/h2-11H,1H3,(H2,22,24,25). The number of nitrogens with two attached hydrogens (primary N) is 1. The maximum atomic E-state index is 13.6. The molecule has 0 saturated carbocycles. The Morgan fingerprint density at radius 2 is 1.80 bits per heavy atom. The number of hydrogen-bond donors (Lipinski definition) is 1. The molecule has 2 aromatic heterocycles. The molecule has 0 fully saturated rings. The van der Waals surface area contributed by atoms with Gasteiger partial charge in [0, 0.05) is 23.3 Å². The highest BCUT2D eigenvalue weighted by Gasteiger charge is 2.11. The van der Waals surface area contributed by atoms with Gasteiger partial charge in [-0.15, -0.1) is 0 Å². The van der Waals surface area contributed by atoms with Crippen molar-refractivity contribution in [1.29, 1.82) is 0 Å². The predicted octanol–water partition coefficient (Wildman–Crippen LogP) is 4.39. The molecule has 25 heavy (non-hydrogen) atoms. The van der Waals surface area contributed by atoms with Crippen molar-refractivity contribution in [3.05, 3.63) is 72.3 Å². The fraction of sp³-hybridized carbons (Fsp3) is 0.0500. The number of anilines is 1. The summed E-state index contributed by atoms with van der Waals surface area (Å²) in [6, 6.07) is 14.1. The number of benzene rings is 2. The van der Waals surface area contributed by atoms with Crippen LogP contribution in [0.15, 0.2) is 60.9 Å². The molecule has 0 aliphatic carbocycles. The highest BCUT2D eigenvalue weighted by atomic mass is 19.1. The van der Waals surface area contributed by atoms with Gasteiger partial charge in [0.25, 0.3) is 0 Å². The second-order valence-electron chi connectivity index (χ2n) is 5.87. The minimum Gasteiger partial charge on any atom is -0.383 e. The molecule has 0 spiro atoms. The largest absolute Gasteiger partial charge is 0.383 e. The first-order chi connectivity index (χ1) is 12.1. The Labute approximate surface area is 144 Å². The van der Waals surface area contributed by atoms with Crippen molar-refractivity contribution in [2.45, 2.75) is 6.92 Å². The minimum absolute atomic E-state index is 0.270. The number of pyridine rings is 1. The van der Waals surface area contributed by atoms with Gasteiger partial charge in [0.1, 0.15) is 11.6 Å². The summed E-state index contributed by atoms with van der Waals surface area (Å²) in [4.78, 5) is 13.1. The van der Waals surface area contributed by atoms with Crippen LogP contribution in [0.2, 0.25) is 0 Å². The van der Waals surface area contributed by atoms with E-state index in [1.54, 1.807) is 18.5 Å². The monoisotopic (exact) mass is 330 g/mol. The number of hydrogen-bond acceptors (Lipinski definition) is 4. The summed E-state index contributed by atoms with van der Waals surface area (Å²) >= 11 is 0. The third-order valence-corrected chi connectivity index (χ3v) is 4.13. The predicted molar refractivity (Wildman–Crippen MR) is 97.3 cm³/mol. The van der Waals surface area contributed by atoms with Crippen molar-refractivity contribution in [2.75, 3.05) is 5.73 Å². The molecule has 0 aliphatic heterocycles. The molecule has 0 aliphatic rings. The fourth-order valence-electron chi connectivity index (χ4n) is 2.89. The van der Waals surface area contributed by atoms with Gasteiger partial charge >= 0.3 is 0 Å². The Morgan fingerprint density at radius 3 is 2.56 bits per heavy atom. The minimum atomic E-state index is -0.270. The lowest BCUT2D eigenvalue weighted by Crippen LogP contribution is -1.99. The topological polar surface area (TPSA) is 64.7 Å². The molecular weight excluding hydrogens is 315 g/mol. The van der Waals surface area contributed by atoms with Crippen LogP contribution >= 0.6 is 0 Å². The van der Waals surface area contributed by atoms with Crippen LogP contribution in [0.4, 0.5) is 10.2 Å². The Hall–Kier alpha value is -3.34. The molecule has 5 heteroatoms. The number of fused-ring (bicyclic) bond motifs is 1. The highest BCUT2D eigenvalue weighted by Crippen LogP contribution is 2.31. The number of rotatable bonds is 2. The quantitative estimate of drug-likeness (QED) is 0.592. The average molecular weight is 330 g/mol. The summed E-state index contributed by atoms with van der Waals surface area (Å²) < 4.78 is 13.6. The zero-order valence-electron chi connectivity index (χ0n) is 13.6. The Balaban J connectivity index is 1.91. The van der Waals surface area contributed by atoms with Crippen molar-refractivity contribution >= 4 is 16.7 Å². The lowest BCUT2D eigenvalue weighted by atomic mass is 9.98. The van der Waals surface area contributed by atoms with Crippen LogP contribution in [0, 0.1) is 12.7 Å². The normalized spacial score (nSPS) is 11.0. The molecule has 2 N–H and O–H groups in total. The summed E-state index contributed by atoms with van der Waals surface area (Å²) in [6.07, 6.45) is 3.40. The third-order valence-electron chi connectivity index (χ3n) is 4.13. The number of nitrogens with zero attached hydrogens (tertiary/aromatic N) is 3. The zero-order valence-corrected chi connectivity index (χ0v) is 13.6. The molecule has 4 aromatic rings. The summed E-state index contributed by atoms with van der Waals surface area (Å²) in [5.74, 6) is 0.658. The van der Waals surface area contributed by atoms with E-state index in [-0.39, 0.29) is 5.82 Å². The van der Waals surface area contributed by atoms with Crippen LogP contribution in [0.3, 0.4) is 0 Å². The summed E-state index contributed by atoms with van der Waals surface area (Å²) in [6.45, 7) is 1.97. The first-order valence-corrected chi connectivity index (χ1v) is 7.86. The Morgan fingerprint density at radius 1 is 0.960 bits per heavy atom. The smallest absolute Gasteiger partial charge is 0.163 e. The van der Waals surface area contributed by atoms with E-state index in [0.717, 1.165) is 33.2 Å². The van der Waals surface area contributed by atoms with Gasteiger partial charge in [-0.2, -0.15) is 0 Å². The van der Waals surface area contributed by atoms with Crippen molar-refractivity contribution in [1.82, 2.24) is 15.0 Å². The van der Waals surface area contributed by atoms with Gasteiger partial charge in [-0.1, -0.05) is 12.1 Å². The number of halogens is 1. The van der Waals surface area contributed by atoms with Crippen molar-refractivity contribution in [3.8, 4) is 22.5 Å². The van der Waals surface area contributed by atoms with Crippen LogP contribution in [-0.2, 0) is 0 Å². The maximum Gasteiger partial charge on any atom is 0.163 e. The van der Waals surface area contributed by atoms with Crippen molar-refractivity contribution < 1.29 is 4.39 Å². The van der Waals surface area contributed by atoms with E-state index in [4.69, 9.17) is 5.73 Å². The van der Waals surface area contributed by atoms with Gasteiger partial charge in [0.2, 0.25) is 0 Å². The third kappa shape index (κ3) is 2.80. The van der Waals surface area contributed by atoms with Crippen LogP contribution in [0.1, 0.15) is 5.56 Å². The molecule has 0 atom stereocenters. The molecule has 4 nitrogen and oxygen atoms in total. The zero-order chi connectivity index (χ0) is 17.4. The van der Waals surface area contributed by atoms with Crippen LogP contribution in [0.5, 0.6) is 0 Å². The molecule has 2 heterocycles. The molecule has 122 valence electrons. The Bertz CT molecular complexity index is 1080. The number of aromatic nitrogens is 3. The van der Waals surface area contributed by atoms with E-state index >= 15 is 0 Å². The van der Waals surface area contributed by atoms with Crippen LogP contribution < -0.4 is 5.73 Å². The van der Waals surface area contributed by atoms with Crippen molar-refractivity contribution in [2.24, 2.45) is 0 Å². The molecule has 0 amide bonds. The number of nitrogen functional groups attached to an aromatic ring is 1. The average Bonchev–Trinajstić information content (AvgIpc) is 2.62. The van der Waals surface area contributed by atoms with E-state index in [9.17, 15) is 4.39 Å². The van der Waals surface area contributed by atoms with Crippen LogP contribution in [-0.4, -0.2) is 15.0 Å². The molecule has 0 saturated heterocycles. The lowest BCUT2D eigenvalue weighted by Gasteiger charge is -2.11. The summed E-state index contributed by atoms with van der Waals surface area (Å²) in [5, 5.41) is 0.748. The van der Waals surface area contributed by atoms with E-state index in [2.05, 4.69) is 15.0 Å². The van der Waals surface area contributed by atoms with Gasteiger partial charge in [-0.05, 0) is 60.0 Å². The lowest BCUT2D eigenvalue weighted by molar-refractivity contribution is 0.628. The maximum absolute atomic E-state index is 13.6. The first-order valence-electron chi connectivity index (χ1n) is 7.86. The fourth-order valence-corrected chi connectivity index (χ4v) is 2.89. The van der Waals surface area contributed by atoms with Crippen LogP contribution in [0.25, 0.3) is 33.4 Å². The van der Waals surface area contributed by atoms with E-state index < -0.39 is 0 Å². The van der Waals surface area contributed by atoms with Gasteiger partial charge < -0.3 is 5.73 Å². The second kappa shape index (κ2) is 5.94. The SMILES string of the molecule is Cc1cc2nc(-c3cccnc3)nc(N)c2cc1-c1cccc(F)c1. The highest BCUT2D eigenvalue weighted by molar-refractivity contribution is 5.94. The molecule has 0 unspecified atom stereocenters. The molecule has 4 rings (SSSR count).